The molecule has 2 aromatic rings. The first-order valence-corrected chi connectivity index (χ1v) is 12.9. The Morgan fingerprint density at radius 1 is 1.19 bits per heavy atom. The third-order valence-electron chi connectivity index (χ3n) is 7.02. The van der Waals surface area contributed by atoms with Gasteiger partial charge < -0.3 is 19.8 Å². The largest absolute Gasteiger partial charge is 0.455 e. The molecule has 1 aromatic carbocycles. The fourth-order valence-electron chi connectivity index (χ4n) is 4.93. The molecule has 8 heteroatoms. The van der Waals surface area contributed by atoms with Gasteiger partial charge in [-0.3, -0.25) is 9.69 Å². The van der Waals surface area contributed by atoms with Crippen LogP contribution in [0.2, 0.25) is 5.02 Å². The number of likely N-dealkylation sites (tertiary alicyclic amines) is 1. The van der Waals surface area contributed by atoms with Crippen molar-refractivity contribution in [3.63, 3.8) is 0 Å². The number of fused-ring (bicyclic) bond motifs is 1. The monoisotopic (exact) mass is 477 g/mol. The van der Waals surface area contributed by atoms with E-state index in [-0.39, 0.29) is 6.35 Å². The van der Waals surface area contributed by atoms with Gasteiger partial charge in [0.05, 0.1) is 5.69 Å². The number of ether oxygens (including phenoxy) is 1. The number of hydrogen-bond acceptors (Lipinski definition) is 7. The first-order valence-electron chi connectivity index (χ1n) is 11.3. The van der Waals surface area contributed by atoms with E-state index in [4.69, 9.17) is 20.8 Å². The van der Waals surface area contributed by atoms with Crippen molar-refractivity contribution in [2.24, 2.45) is 5.41 Å². The Hall–Kier alpha value is -1.67. The van der Waals surface area contributed by atoms with E-state index in [1.165, 1.54) is 50.3 Å². The van der Waals surface area contributed by atoms with Gasteiger partial charge in [0, 0.05) is 24.2 Å². The summed E-state index contributed by atoms with van der Waals surface area (Å²) < 4.78 is 11.0. The number of carbonyl (C=O) groups is 1. The zero-order chi connectivity index (χ0) is 22.6. The molecule has 3 aliphatic rings. The average Bonchev–Trinajstić information content (AvgIpc) is 3.47. The maximum Gasteiger partial charge on any atom is 0.230 e. The van der Waals surface area contributed by atoms with Crippen molar-refractivity contribution < 1.29 is 13.9 Å². The first-order chi connectivity index (χ1) is 15.5. The number of piperidine rings is 1. The molecule has 6 nitrogen and oxygen atoms in total. The summed E-state index contributed by atoms with van der Waals surface area (Å²) in [6.45, 7) is 2.23. The molecule has 1 saturated carbocycles. The van der Waals surface area contributed by atoms with Crippen molar-refractivity contribution in [2.45, 2.75) is 56.0 Å². The van der Waals surface area contributed by atoms with Gasteiger partial charge in [-0.2, -0.15) is 0 Å². The van der Waals surface area contributed by atoms with Crippen LogP contribution >= 0.6 is 23.4 Å². The minimum absolute atomic E-state index is 0.0329. The van der Waals surface area contributed by atoms with Gasteiger partial charge in [-0.15, -0.1) is 0 Å². The minimum atomic E-state index is -0.0329. The molecule has 2 fully saturated rings. The Kier molecular flexibility index (Phi) is 7.71. The van der Waals surface area contributed by atoms with Crippen molar-refractivity contribution in [3.05, 3.63) is 41.1 Å². The smallest absolute Gasteiger partial charge is 0.230 e. The highest BCUT2D eigenvalue weighted by atomic mass is 35.5. The molecule has 174 valence electrons. The van der Waals surface area contributed by atoms with Crippen molar-refractivity contribution in [3.8, 4) is 5.75 Å². The number of nitrogens with one attached hydrogen (secondary N) is 2. The number of hydrogen-bond donors (Lipinski definition) is 2. The topological polar surface area (TPSA) is 66.7 Å². The molecule has 3 heterocycles. The number of rotatable bonds is 4. The molecule has 1 aromatic heterocycles. The molecule has 1 spiro atoms. The predicted octanol–water partition coefficient (Wildman–Crippen LogP) is 5.49. The minimum Gasteiger partial charge on any atom is -0.455 e. The molecule has 1 unspecified atom stereocenters. The van der Waals surface area contributed by atoms with Crippen LogP contribution in [0.15, 0.2) is 39.8 Å². The van der Waals surface area contributed by atoms with E-state index in [9.17, 15) is 4.79 Å². The van der Waals surface area contributed by atoms with Gasteiger partial charge in [0.2, 0.25) is 6.35 Å². The molecule has 1 atom stereocenters. The normalized spacial score (nSPS) is 22.4. The molecule has 5 rings (SSSR count). The lowest BCUT2D eigenvalue weighted by atomic mass is 9.67. The molecule has 2 aliphatic heterocycles. The lowest BCUT2D eigenvalue weighted by Crippen LogP contribution is -2.50. The fraction of sp³-hybridized carbons (Fsp3) is 0.542. The van der Waals surface area contributed by atoms with E-state index in [0.29, 0.717) is 17.5 Å². The summed E-state index contributed by atoms with van der Waals surface area (Å²) in [5.41, 5.74) is 1.59. The second-order valence-corrected chi connectivity index (χ2v) is 10.1. The number of benzene rings is 1. The summed E-state index contributed by atoms with van der Waals surface area (Å²) in [7, 11) is 2.10. The van der Waals surface area contributed by atoms with Crippen molar-refractivity contribution in [1.82, 2.24) is 10.2 Å². The van der Waals surface area contributed by atoms with E-state index < -0.39 is 0 Å². The molecule has 0 radical (unpaired) electrons. The quantitative estimate of drug-likeness (QED) is 0.446. The van der Waals surface area contributed by atoms with Crippen LogP contribution in [0.1, 0.15) is 49.1 Å². The molecule has 1 aliphatic carbocycles. The number of carbonyl (C=O) groups excluding carboxylic acids is 1. The van der Waals surface area contributed by atoms with Gasteiger partial charge in [0.15, 0.2) is 17.1 Å². The third-order valence-corrected chi connectivity index (χ3v) is 7.88. The van der Waals surface area contributed by atoms with Crippen LogP contribution in [-0.2, 0) is 0 Å². The molecule has 0 amide bonds. The summed E-state index contributed by atoms with van der Waals surface area (Å²) in [5, 5.41) is 8.43. The lowest BCUT2D eigenvalue weighted by molar-refractivity contribution is -0.00977. The number of nitrogens with zero attached hydrogens (tertiary/aromatic N) is 1. The van der Waals surface area contributed by atoms with Crippen LogP contribution in [-0.4, -0.2) is 50.0 Å². The van der Waals surface area contributed by atoms with Crippen LogP contribution in [0.4, 0.5) is 5.69 Å². The van der Waals surface area contributed by atoms with Gasteiger partial charge in [0.25, 0.3) is 0 Å². The lowest BCUT2D eigenvalue weighted by Gasteiger charge is -2.46. The maximum absolute atomic E-state index is 10.0. The molecule has 2 N–H and O–H groups in total. The molecule has 32 heavy (non-hydrogen) atoms. The number of anilines is 1. The van der Waals surface area contributed by atoms with E-state index in [1.54, 1.807) is 12.1 Å². The van der Waals surface area contributed by atoms with Crippen LogP contribution in [0.3, 0.4) is 0 Å². The van der Waals surface area contributed by atoms with E-state index in [1.807, 2.05) is 24.5 Å². The zero-order valence-corrected chi connectivity index (χ0v) is 20.3. The van der Waals surface area contributed by atoms with Gasteiger partial charge in [0.1, 0.15) is 5.75 Å². The second kappa shape index (κ2) is 10.5. The average molecular weight is 478 g/mol. The van der Waals surface area contributed by atoms with E-state index in [2.05, 4.69) is 22.6 Å². The number of furan rings is 1. The number of thioether (sulfide) groups is 1. The van der Waals surface area contributed by atoms with Crippen LogP contribution in [0.5, 0.6) is 5.75 Å². The third kappa shape index (κ3) is 5.45. The van der Waals surface area contributed by atoms with Crippen molar-refractivity contribution in [1.29, 1.82) is 0 Å². The second-order valence-electron chi connectivity index (χ2n) is 8.83. The number of halogens is 1. The van der Waals surface area contributed by atoms with Crippen LogP contribution in [0.25, 0.3) is 0 Å². The van der Waals surface area contributed by atoms with Crippen molar-refractivity contribution in [2.75, 3.05) is 31.7 Å². The summed E-state index contributed by atoms with van der Waals surface area (Å²) in [6.07, 6.45) is 10.6. The molecule has 1 saturated heterocycles. The zero-order valence-electron chi connectivity index (χ0n) is 18.7. The van der Waals surface area contributed by atoms with Gasteiger partial charge >= 0.3 is 0 Å². The number of aldehydes is 1. The predicted molar refractivity (Wildman–Crippen MR) is 130 cm³/mol. The summed E-state index contributed by atoms with van der Waals surface area (Å²) >= 11 is 7.54. The van der Waals surface area contributed by atoms with Gasteiger partial charge in [-0.1, -0.05) is 23.4 Å². The van der Waals surface area contributed by atoms with E-state index in [0.717, 1.165) is 40.7 Å². The summed E-state index contributed by atoms with van der Waals surface area (Å²) in [5.74, 6) is 1.30. The van der Waals surface area contributed by atoms with Gasteiger partial charge in [-0.25, -0.2) is 0 Å². The maximum atomic E-state index is 10.0. The highest BCUT2D eigenvalue weighted by molar-refractivity contribution is 7.98. The van der Waals surface area contributed by atoms with Crippen LogP contribution < -0.4 is 15.4 Å². The van der Waals surface area contributed by atoms with Gasteiger partial charge in [-0.05, 0) is 87.6 Å². The Balaban J connectivity index is 0.000000230. The Morgan fingerprint density at radius 3 is 2.53 bits per heavy atom. The standard InChI is InChI=1S/C18H26ClN3O.C6H6O2S/c1-20-14-4-6-18(7-5-14)8-10-22(11-9-18)17-21-15-12-13(19)2-3-16(15)23-17;1-9-6-3-2-5(4-7)8-6/h2-3,12,14,17,20-21H,4-11H2,1H3;2-4H,1H3. The van der Waals surface area contributed by atoms with E-state index >= 15 is 0 Å². The Labute approximate surface area is 199 Å². The summed E-state index contributed by atoms with van der Waals surface area (Å²) in [6, 6.07) is 9.94. The molecule has 0 bridgehead atoms. The Bertz CT molecular complexity index is 904. The fourth-order valence-corrected chi connectivity index (χ4v) is 5.48. The summed E-state index contributed by atoms with van der Waals surface area (Å²) in [4.78, 5) is 12.5. The SMILES string of the molecule is CNC1CCC2(CC1)CCN(C1Nc3cc(Cl)ccc3O1)CC2.CSc1ccc(C=O)o1. The van der Waals surface area contributed by atoms with Crippen LogP contribution in [0, 0.1) is 5.41 Å². The van der Waals surface area contributed by atoms with Crippen molar-refractivity contribution >= 4 is 35.3 Å². The Morgan fingerprint density at radius 2 is 1.94 bits per heavy atom. The molecular weight excluding hydrogens is 446 g/mol. The highest BCUT2D eigenvalue weighted by Crippen LogP contribution is 2.45. The highest BCUT2D eigenvalue weighted by Gasteiger charge is 2.40. The first kappa shape index (κ1) is 23.5. The molecular formula is C24H32ClN3O3S.